The van der Waals surface area contributed by atoms with E-state index in [1.54, 1.807) is 111 Å². The zero-order valence-corrected chi connectivity index (χ0v) is 51.9. The summed E-state index contributed by atoms with van der Waals surface area (Å²) < 4.78 is 71.4. The van der Waals surface area contributed by atoms with E-state index in [0.717, 1.165) is 20.8 Å². The monoisotopic (exact) mass is 1200 g/mol. The molecule has 2 aliphatic heterocycles. The second-order valence-electron chi connectivity index (χ2n) is 25.4. The average molecular weight is 1200 g/mol. The fraction of sp³-hybridized carbons (Fsp3) is 0.833. The number of rotatable bonds is 19. The summed E-state index contributed by atoms with van der Waals surface area (Å²) in [4.78, 5) is 123. The molecular weight excluding hydrogens is 1110 g/mol. The quantitative estimate of drug-likeness (QED) is 0.0289. The molecule has 0 radical (unpaired) electrons. The molecule has 0 bridgehead atoms. The first kappa shape index (κ1) is 71.6. The Bertz CT molecular complexity index is 2340. The molecular formula is C54H91N9O21. The van der Waals surface area contributed by atoms with Gasteiger partial charge in [0.15, 0.2) is 30.9 Å². The topological polar surface area (TPSA) is 385 Å². The molecule has 0 aromatic rings. The smallest absolute Gasteiger partial charge is 0.408 e. The van der Waals surface area contributed by atoms with Crippen molar-refractivity contribution in [1.29, 1.82) is 0 Å². The SMILES string of the molecule is CCC1O[C@@H](O[C@H]2C(N=[N+]=[N-])C(O[C@@H]3OC(CNC(=O)OC(C)(C)C)CCC3NC(=O)OC(C)(C)C)[C@@H](NC(=O)OC(C)(C)C)C[C@H]2NC(=O)[C@H](CCNC(=O)OC(C)(C)C)OC(C)=O)C(OC(C)=O)[C@@H](NC(=O)OC(C)(C)C)[C@H]1OC(C)=O. The summed E-state index contributed by atoms with van der Waals surface area (Å²) in [6.45, 7) is 29.0. The standard InChI is InChI=1S/C54H91N9O21/c1-20-34-40(74-28(3)65)36(61-49(72)84-54(17,18)19)41(75-29(4)66)44(77-34)79-38-32(58-42(67)35(73-27(2)64)23-24-56-45(68)80-50(5,6)7)25-33(60-48(71)83-53(14,15)16)39(37(38)62-63-55)78-43-31(59-47(70)82-52(11,12)13)22-21-30(76-43)26-57-46(69)81-51(8,9)10/h30-41,43-44H,20-26H2,1-19H3,(H,56,68)(H,57,69)(H,58,67)(H,59,70)(H,60,71)(H,61,72)/t30?,31?,32-,33+,34?,35+,36+,37?,38-,39?,40+,41?,43+,44+/m1/s1. The first-order chi connectivity index (χ1) is 38.5. The van der Waals surface area contributed by atoms with Crippen LogP contribution in [0.15, 0.2) is 5.11 Å². The maximum absolute atomic E-state index is 14.7. The minimum Gasteiger partial charge on any atom is -0.457 e. The summed E-state index contributed by atoms with van der Waals surface area (Å²) in [6, 6.07) is -7.18. The molecule has 84 heavy (non-hydrogen) atoms. The van der Waals surface area contributed by atoms with E-state index in [4.69, 9.17) is 56.8 Å². The maximum atomic E-state index is 14.7. The number of nitrogens with zero attached hydrogens (tertiary/aromatic N) is 3. The highest BCUT2D eigenvalue weighted by Crippen LogP contribution is 2.37. The molecule has 30 heteroatoms. The van der Waals surface area contributed by atoms with Crippen molar-refractivity contribution < 1.29 is 100.0 Å². The van der Waals surface area contributed by atoms with E-state index in [9.17, 15) is 48.7 Å². The molecule has 0 spiro atoms. The molecule has 3 rings (SSSR count). The van der Waals surface area contributed by atoms with Crippen LogP contribution in [0.3, 0.4) is 0 Å². The fourth-order valence-corrected chi connectivity index (χ4v) is 9.00. The van der Waals surface area contributed by atoms with Crippen molar-refractivity contribution in [2.24, 2.45) is 5.11 Å². The zero-order chi connectivity index (χ0) is 63.9. The molecule has 14 atom stereocenters. The van der Waals surface area contributed by atoms with Gasteiger partial charge in [0.05, 0.1) is 48.6 Å². The first-order valence-corrected chi connectivity index (χ1v) is 28.0. The number of carbonyl (C=O) groups excluding carboxylic acids is 9. The number of amides is 6. The minimum atomic E-state index is -1.83. The molecule has 1 saturated carbocycles. The predicted octanol–water partition coefficient (Wildman–Crippen LogP) is 5.88. The molecule has 6 amide bonds. The zero-order valence-electron chi connectivity index (χ0n) is 51.9. The molecule has 2 saturated heterocycles. The van der Waals surface area contributed by atoms with Crippen LogP contribution in [-0.2, 0) is 76.0 Å². The molecule has 6 unspecified atom stereocenters. The predicted molar refractivity (Wildman–Crippen MR) is 295 cm³/mol. The van der Waals surface area contributed by atoms with Gasteiger partial charge in [-0.1, -0.05) is 12.0 Å². The third-order valence-corrected chi connectivity index (χ3v) is 11.8. The number of carbonyl (C=O) groups is 9. The summed E-state index contributed by atoms with van der Waals surface area (Å²) in [5.74, 6) is -3.64. The Morgan fingerprint density at radius 3 is 1.48 bits per heavy atom. The van der Waals surface area contributed by atoms with Gasteiger partial charge in [0.25, 0.3) is 5.91 Å². The van der Waals surface area contributed by atoms with Gasteiger partial charge in [-0.05, 0) is 135 Å². The van der Waals surface area contributed by atoms with E-state index < -0.39 is 174 Å². The number of hydrogen-bond acceptors (Lipinski definition) is 22. The lowest BCUT2D eigenvalue weighted by molar-refractivity contribution is -0.304. The number of azide groups is 1. The highest BCUT2D eigenvalue weighted by Gasteiger charge is 2.56. The summed E-state index contributed by atoms with van der Waals surface area (Å²) in [5, 5.41) is 20.3. The van der Waals surface area contributed by atoms with Gasteiger partial charge in [-0.2, -0.15) is 0 Å². The number of ether oxygens (including phenoxy) is 12. The van der Waals surface area contributed by atoms with Crippen molar-refractivity contribution in [3.8, 4) is 0 Å². The Hall–Kier alpha value is -6.62. The Labute approximate surface area is 490 Å². The summed E-state index contributed by atoms with van der Waals surface area (Å²) >= 11 is 0. The van der Waals surface area contributed by atoms with Crippen LogP contribution in [0.25, 0.3) is 10.4 Å². The normalized spacial score (nSPS) is 26.8. The second kappa shape index (κ2) is 30.5. The van der Waals surface area contributed by atoms with Gasteiger partial charge in [-0.3, -0.25) is 19.2 Å². The second-order valence-corrected chi connectivity index (χ2v) is 25.4. The minimum absolute atomic E-state index is 0.0612. The van der Waals surface area contributed by atoms with E-state index in [1.807, 2.05) is 0 Å². The van der Waals surface area contributed by atoms with E-state index >= 15 is 0 Å². The number of esters is 3. The van der Waals surface area contributed by atoms with Gasteiger partial charge in [0.1, 0.15) is 34.0 Å². The molecule has 6 N–H and O–H groups in total. The van der Waals surface area contributed by atoms with Crippen LogP contribution in [0, 0.1) is 0 Å². The van der Waals surface area contributed by atoms with Crippen molar-refractivity contribution in [3.05, 3.63) is 10.4 Å². The van der Waals surface area contributed by atoms with Crippen LogP contribution in [-0.4, -0.2) is 181 Å². The van der Waals surface area contributed by atoms with Crippen molar-refractivity contribution >= 4 is 54.3 Å². The number of hydrogen-bond donors (Lipinski definition) is 6. The Morgan fingerprint density at radius 2 is 1.00 bits per heavy atom. The van der Waals surface area contributed by atoms with Crippen LogP contribution >= 0.6 is 0 Å². The highest BCUT2D eigenvalue weighted by molar-refractivity contribution is 5.84. The molecule has 3 fully saturated rings. The Balaban J connectivity index is 2.39. The largest absolute Gasteiger partial charge is 0.457 e. The summed E-state index contributed by atoms with van der Waals surface area (Å²) in [6.07, 6.45) is -18.3. The third kappa shape index (κ3) is 25.7. The van der Waals surface area contributed by atoms with E-state index in [1.165, 1.54) is 0 Å². The molecule has 0 aromatic heterocycles. The van der Waals surface area contributed by atoms with Crippen molar-refractivity contribution in [2.45, 2.75) is 277 Å². The van der Waals surface area contributed by atoms with E-state index in [0.29, 0.717) is 0 Å². The maximum Gasteiger partial charge on any atom is 0.408 e. The van der Waals surface area contributed by atoms with E-state index in [-0.39, 0.29) is 38.8 Å². The van der Waals surface area contributed by atoms with Crippen molar-refractivity contribution in [2.75, 3.05) is 13.1 Å². The van der Waals surface area contributed by atoms with Gasteiger partial charge >= 0.3 is 48.4 Å². The molecule has 30 nitrogen and oxygen atoms in total. The molecule has 1 aliphatic carbocycles. The fourth-order valence-electron chi connectivity index (χ4n) is 9.00. The van der Waals surface area contributed by atoms with Gasteiger partial charge in [-0.25, -0.2) is 24.0 Å². The molecule has 0 aromatic carbocycles. The summed E-state index contributed by atoms with van der Waals surface area (Å²) in [7, 11) is 0. The lowest BCUT2D eigenvalue weighted by Gasteiger charge is -2.50. The van der Waals surface area contributed by atoms with Gasteiger partial charge in [0.2, 0.25) is 0 Å². The Morgan fingerprint density at radius 1 is 0.548 bits per heavy atom. The van der Waals surface area contributed by atoms with Crippen molar-refractivity contribution in [3.63, 3.8) is 0 Å². The summed E-state index contributed by atoms with van der Waals surface area (Å²) in [5.41, 5.74) is 5.69. The van der Waals surface area contributed by atoms with Gasteiger partial charge in [-0.15, -0.1) is 0 Å². The number of alkyl carbamates (subject to hydrolysis) is 5. The van der Waals surface area contributed by atoms with Crippen LogP contribution in [0.4, 0.5) is 24.0 Å². The van der Waals surface area contributed by atoms with Crippen LogP contribution in [0.2, 0.25) is 0 Å². The molecule has 2 heterocycles. The molecule has 478 valence electrons. The van der Waals surface area contributed by atoms with Crippen LogP contribution < -0.4 is 31.9 Å². The highest BCUT2D eigenvalue weighted by atomic mass is 16.7. The lowest BCUT2D eigenvalue weighted by atomic mass is 9.81. The van der Waals surface area contributed by atoms with Crippen LogP contribution in [0.5, 0.6) is 0 Å². The van der Waals surface area contributed by atoms with Gasteiger partial charge in [0, 0.05) is 45.2 Å². The molecule has 3 aliphatic rings. The lowest BCUT2D eigenvalue weighted by Crippen LogP contribution is -2.70. The van der Waals surface area contributed by atoms with Crippen molar-refractivity contribution in [1.82, 2.24) is 31.9 Å². The average Bonchev–Trinajstić information content (AvgIpc) is 3.39. The van der Waals surface area contributed by atoms with Crippen LogP contribution in [0.1, 0.15) is 164 Å². The third-order valence-electron chi connectivity index (χ3n) is 11.8. The van der Waals surface area contributed by atoms with E-state index in [2.05, 4.69) is 41.9 Å². The van der Waals surface area contributed by atoms with Gasteiger partial charge < -0.3 is 88.7 Å². The first-order valence-electron chi connectivity index (χ1n) is 28.0. The Kier molecular flexibility index (Phi) is 26.0. The number of nitrogens with one attached hydrogen (secondary N) is 6.